The van der Waals surface area contributed by atoms with Gasteiger partial charge in [-0.1, -0.05) is 6.92 Å². The van der Waals surface area contributed by atoms with Crippen LogP contribution in [0.3, 0.4) is 0 Å². The molecule has 3 nitrogen and oxygen atoms in total. The van der Waals surface area contributed by atoms with Crippen molar-refractivity contribution in [2.75, 3.05) is 26.7 Å². The van der Waals surface area contributed by atoms with Gasteiger partial charge in [0.2, 0.25) is 0 Å². The highest BCUT2D eigenvalue weighted by Gasteiger charge is 2.01. The molecule has 1 aromatic rings. The molecule has 17 heavy (non-hydrogen) atoms. The minimum absolute atomic E-state index is 0.628. The van der Waals surface area contributed by atoms with E-state index in [9.17, 15) is 0 Å². The zero-order chi connectivity index (χ0) is 12.5. The van der Waals surface area contributed by atoms with Crippen molar-refractivity contribution in [3.05, 3.63) is 30.1 Å². The summed E-state index contributed by atoms with van der Waals surface area (Å²) in [6.45, 7) is 7.73. The average molecular weight is 235 g/mol. The van der Waals surface area contributed by atoms with Crippen molar-refractivity contribution in [1.29, 1.82) is 0 Å². The number of nitrogens with zero attached hydrogens (tertiary/aromatic N) is 2. The van der Waals surface area contributed by atoms with E-state index < -0.39 is 0 Å². The van der Waals surface area contributed by atoms with E-state index in [1.807, 2.05) is 12.4 Å². The summed E-state index contributed by atoms with van der Waals surface area (Å²) in [5.41, 5.74) is 1.36. The van der Waals surface area contributed by atoms with Crippen LogP contribution in [0.15, 0.2) is 24.5 Å². The fourth-order valence-corrected chi connectivity index (χ4v) is 1.63. The molecule has 1 heterocycles. The van der Waals surface area contributed by atoms with E-state index in [0.29, 0.717) is 6.04 Å². The lowest BCUT2D eigenvalue weighted by molar-refractivity contribution is 0.328. The molecule has 1 aromatic heterocycles. The van der Waals surface area contributed by atoms with Crippen molar-refractivity contribution in [1.82, 2.24) is 15.2 Å². The van der Waals surface area contributed by atoms with Crippen LogP contribution in [0.4, 0.5) is 0 Å². The quantitative estimate of drug-likeness (QED) is 0.746. The van der Waals surface area contributed by atoms with Crippen molar-refractivity contribution in [3.8, 4) is 0 Å². The Kier molecular flexibility index (Phi) is 6.82. The lowest BCUT2D eigenvalue weighted by Crippen LogP contribution is -2.34. The highest BCUT2D eigenvalue weighted by molar-refractivity contribution is 5.09. The lowest BCUT2D eigenvalue weighted by Gasteiger charge is -2.18. The summed E-state index contributed by atoms with van der Waals surface area (Å²) < 4.78 is 0. The molecule has 0 radical (unpaired) electrons. The molecule has 0 aromatic carbocycles. The molecule has 0 aliphatic carbocycles. The number of hydrogen-bond acceptors (Lipinski definition) is 3. The Morgan fingerprint density at radius 2 is 2.00 bits per heavy atom. The van der Waals surface area contributed by atoms with Gasteiger partial charge in [-0.05, 0) is 44.5 Å². The van der Waals surface area contributed by atoms with E-state index in [2.05, 4.69) is 48.2 Å². The number of pyridine rings is 1. The maximum atomic E-state index is 4.03. The van der Waals surface area contributed by atoms with Crippen LogP contribution < -0.4 is 5.32 Å². The molecule has 0 amide bonds. The Labute approximate surface area is 105 Å². The Morgan fingerprint density at radius 3 is 2.65 bits per heavy atom. The monoisotopic (exact) mass is 235 g/mol. The molecule has 0 saturated heterocycles. The molecule has 0 bridgehead atoms. The zero-order valence-corrected chi connectivity index (χ0v) is 11.3. The molecule has 1 rings (SSSR count). The zero-order valence-electron chi connectivity index (χ0n) is 11.3. The SMILES string of the molecule is CCC(C)NCCN(C)CCc1ccncc1. The Bertz CT molecular complexity index is 287. The van der Waals surface area contributed by atoms with Gasteiger partial charge in [0.25, 0.3) is 0 Å². The smallest absolute Gasteiger partial charge is 0.0270 e. The van der Waals surface area contributed by atoms with Crippen molar-refractivity contribution in [2.24, 2.45) is 0 Å². The van der Waals surface area contributed by atoms with Crippen molar-refractivity contribution >= 4 is 0 Å². The first-order valence-corrected chi connectivity index (χ1v) is 6.53. The molecule has 3 heteroatoms. The summed E-state index contributed by atoms with van der Waals surface area (Å²) in [5, 5.41) is 3.51. The molecular formula is C14H25N3. The molecule has 0 saturated carbocycles. The predicted octanol–water partition coefficient (Wildman–Crippen LogP) is 1.94. The first-order valence-electron chi connectivity index (χ1n) is 6.53. The van der Waals surface area contributed by atoms with E-state index >= 15 is 0 Å². The standard InChI is InChI=1S/C14H25N3/c1-4-13(2)16-10-12-17(3)11-7-14-5-8-15-9-6-14/h5-6,8-9,13,16H,4,7,10-12H2,1-3H3. The molecule has 1 unspecified atom stereocenters. The first-order chi connectivity index (χ1) is 8.22. The second kappa shape index (κ2) is 8.20. The summed E-state index contributed by atoms with van der Waals surface area (Å²) in [7, 11) is 2.18. The normalized spacial score (nSPS) is 12.9. The third-order valence-corrected chi connectivity index (χ3v) is 3.13. The third kappa shape index (κ3) is 6.39. The molecule has 0 fully saturated rings. The predicted molar refractivity (Wildman–Crippen MR) is 73.2 cm³/mol. The largest absolute Gasteiger partial charge is 0.313 e. The maximum Gasteiger partial charge on any atom is 0.0270 e. The van der Waals surface area contributed by atoms with E-state index in [-0.39, 0.29) is 0 Å². The molecule has 1 N–H and O–H groups in total. The highest BCUT2D eigenvalue weighted by atomic mass is 15.1. The summed E-state index contributed by atoms with van der Waals surface area (Å²) in [4.78, 5) is 6.40. The Morgan fingerprint density at radius 1 is 1.29 bits per heavy atom. The Hall–Kier alpha value is -0.930. The third-order valence-electron chi connectivity index (χ3n) is 3.13. The summed E-state index contributed by atoms with van der Waals surface area (Å²) in [5.74, 6) is 0. The number of rotatable bonds is 8. The minimum Gasteiger partial charge on any atom is -0.313 e. The molecule has 0 aliphatic rings. The van der Waals surface area contributed by atoms with Gasteiger partial charge in [-0.2, -0.15) is 0 Å². The van der Waals surface area contributed by atoms with Crippen LogP contribution in [0, 0.1) is 0 Å². The second-order valence-corrected chi connectivity index (χ2v) is 4.67. The molecule has 1 atom stereocenters. The summed E-state index contributed by atoms with van der Waals surface area (Å²) >= 11 is 0. The van der Waals surface area contributed by atoms with Gasteiger partial charge >= 0.3 is 0 Å². The topological polar surface area (TPSA) is 28.2 Å². The highest BCUT2D eigenvalue weighted by Crippen LogP contribution is 1.98. The van der Waals surface area contributed by atoms with Crippen LogP contribution in [0.5, 0.6) is 0 Å². The number of hydrogen-bond donors (Lipinski definition) is 1. The van der Waals surface area contributed by atoms with Crippen molar-refractivity contribution in [3.63, 3.8) is 0 Å². The van der Waals surface area contributed by atoms with Gasteiger partial charge in [0, 0.05) is 38.1 Å². The van der Waals surface area contributed by atoms with Crippen LogP contribution >= 0.6 is 0 Å². The molecular weight excluding hydrogens is 210 g/mol. The number of aromatic nitrogens is 1. The van der Waals surface area contributed by atoms with Crippen LogP contribution in [0.2, 0.25) is 0 Å². The fraction of sp³-hybridized carbons (Fsp3) is 0.643. The Balaban J connectivity index is 2.11. The van der Waals surface area contributed by atoms with E-state index in [1.165, 1.54) is 12.0 Å². The van der Waals surface area contributed by atoms with Crippen LogP contribution in [-0.2, 0) is 6.42 Å². The average Bonchev–Trinajstić information content (AvgIpc) is 2.37. The fourth-order valence-electron chi connectivity index (χ4n) is 1.63. The van der Waals surface area contributed by atoms with Gasteiger partial charge < -0.3 is 10.2 Å². The van der Waals surface area contributed by atoms with E-state index in [0.717, 1.165) is 26.1 Å². The summed E-state index contributed by atoms with van der Waals surface area (Å²) in [6, 6.07) is 4.81. The maximum absolute atomic E-state index is 4.03. The number of likely N-dealkylation sites (N-methyl/N-ethyl adjacent to an activating group) is 1. The number of nitrogens with one attached hydrogen (secondary N) is 1. The molecule has 0 spiro atoms. The molecule has 96 valence electrons. The lowest BCUT2D eigenvalue weighted by atomic mass is 10.2. The van der Waals surface area contributed by atoms with Gasteiger partial charge in [0.05, 0.1) is 0 Å². The van der Waals surface area contributed by atoms with Gasteiger partial charge in [-0.3, -0.25) is 4.98 Å². The van der Waals surface area contributed by atoms with Gasteiger partial charge in [0.1, 0.15) is 0 Å². The van der Waals surface area contributed by atoms with Crippen molar-refractivity contribution in [2.45, 2.75) is 32.7 Å². The van der Waals surface area contributed by atoms with Gasteiger partial charge in [-0.15, -0.1) is 0 Å². The van der Waals surface area contributed by atoms with Gasteiger partial charge in [0.15, 0.2) is 0 Å². The molecule has 0 aliphatic heterocycles. The second-order valence-electron chi connectivity index (χ2n) is 4.67. The first kappa shape index (κ1) is 14.1. The van der Waals surface area contributed by atoms with E-state index in [4.69, 9.17) is 0 Å². The van der Waals surface area contributed by atoms with Crippen LogP contribution in [-0.4, -0.2) is 42.6 Å². The van der Waals surface area contributed by atoms with Crippen LogP contribution in [0.25, 0.3) is 0 Å². The minimum atomic E-state index is 0.628. The van der Waals surface area contributed by atoms with Crippen molar-refractivity contribution < 1.29 is 0 Å². The summed E-state index contributed by atoms with van der Waals surface area (Å²) in [6.07, 6.45) is 6.02. The van der Waals surface area contributed by atoms with Crippen LogP contribution in [0.1, 0.15) is 25.8 Å². The van der Waals surface area contributed by atoms with Gasteiger partial charge in [-0.25, -0.2) is 0 Å². The van der Waals surface area contributed by atoms with E-state index in [1.54, 1.807) is 0 Å².